The number of aromatic nitrogens is 2. The van der Waals surface area contributed by atoms with E-state index in [-0.39, 0.29) is 12.1 Å². The lowest BCUT2D eigenvalue weighted by Crippen LogP contribution is -2.38. The van der Waals surface area contributed by atoms with E-state index in [1.165, 1.54) is 11.6 Å². The Kier molecular flexibility index (Phi) is 2.33. The third-order valence-corrected chi connectivity index (χ3v) is 2.48. The highest BCUT2D eigenvalue weighted by Gasteiger charge is 2.08. The van der Waals surface area contributed by atoms with E-state index in [1.54, 1.807) is 24.3 Å². The largest absolute Gasteiger partial charge is 0.332 e. The van der Waals surface area contributed by atoms with Crippen molar-refractivity contribution in [2.24, 2.45) is 7.05 Å². The summed E-state index contributed by atoms with van der Waals surface area (Å²) in [4.78, 5) is 23.5. The van der Waals surface area contributed by atoms with Gasteiger partial charge in [-0.2, -0.15) is 5.26 Å². The molecule has 0 aliphatic heterocycles. The van der Waals surface area contributed by atoms with Crippen LogP contribution in [0.3, 0.4) is 0 Å². The predicted molar refractivity (Wildman–Crippen MR) is 59.1 cm³/mol. The molecule has 16 heavy (non-hydrogen) atoms. The summed E-state index contributed by atoms with van der Waals surface area (Å²) in [6.45, 7) is -0.0620. The zero-order valence-electron chi connectivity index (χ0n) is 8.67. The smallest absolute Gasteiger partial charge is 0.279 e. The number of nitriles is 1. The van der Waals surface area contributed by atoms with Crippen molar-refractivity contribution >= 4 is 10.9 Å². The fourth-order valence-electron chi connectivity index (χ4n) is 1.67. The van der Waals surface area contributed by atoms with Crippen molar-refractivity contribution in [2.45, 2.75) is 6.54 Å². The molecule has 5 heteroatoms. The van der Waals surface area contributed by atoms with Crippen LogP contribution in [-0.4, -0.2) is 9.13 Å². The molecule has 0 fully saturated rings. The van der Waals surface area contributed by atoms with Gasteiger partial charge >= 0.3 is 5.69 Å². The molecule has 80 valence electrons. The lowest BCUT2D eigenvalue weighted by molar-refractivity contribution is 0.686. The van der Waals surface area contributed by atoms with Crippen molar-refractivity contribution in [1.29, 1.82) is 5.26 Å². The second kappa shape index (κ2) is 3.66. The second-order valence-electron chi connectivity index (χ2n) is 3.41. The number of benzene rings is 1. The molecule has 0 amide bonds. The topological polar surface area (TPSA) is 67.8 Å². The molecule has 0 N–H and O–H groups in total. The summed E-state index contributed by atoms with van der Waals surface area (Å²) < 4.78 is 2.30. The summed E-state index contributed by atoms with van der Waals surface area (Å²) >= 11 is 0. The van der Waals surface area contributed by atoms with E-state index in [0.29, 0.717) is 10.9 Å². The Hall–Kier alpha value is -2.35. The molecule has 0 saturated carbocycles. The van der Waals surface area contributed by atoms with E-state index in [4.69, 9.17) is 5.26 Å². The molecule has 2 rings (SSSR count). The quantitative estimate of drug-likeness (QED) is 0.683. The van der Waals surface area contributed by atoms with E-state index < -0.39 is 5.69 Å². The van der Waals surface area contributed by atoms with Crippen LogP contribution in [0.2, 0.25) is 0 Å². The van der Waals surface area contributed by atoms with Crippen molar-refractivity contribution in [1.82, 2.24) is 9.13 Å². The zero-order chi connectivity index (χ0) is 11.7. The summed E-state index contributed by atoms with van der Waals surface area (Å²) in [6, 6.07) is 8.68. The molecule has 0 spiro atoms. The molecule has 1 heterocycles. The molecular formula is C11H9N3O2. The van der Waals surface area contributed by atoms with E-state index in [2.05, 4.69) is 0 Å². The Balaban J connectivity index is 3.05. The van der Waals surface area contributed by atoms with Crippen LogP contribution < -0.4 is 11.2 Å². The molecule has 1 aromatic carbocycles. The van der Waals surface area contributed by atoms with Crippen molar-refractivity contribution in [2.75, 3.05) is 0 Å². The maximum atomic E-state index is 11.8. The molecule has 1 aromatic heterocycles. The normalized spacial score (nSPS) is 10.2. The highest BCUT2D eigenvalue weighted by atomic mass is 16.2. The fourth-order valence-corrected chi connectivity index (χ4v) is 1.67. The molecule has 0 saturated heterocycles. The first-order valence-electron chi connectivity index (χ1n) is 4.72. The van der Waals surface area contributed by atoms with E-state index in [0.717, 1.165) is 4.57 Å². The number of nitrogens with zero attached hydrogens (tertiary/aromatic N) is 3. The van der Waals surface area contributed by atoms with Crippen LogP contribution in [0, 0.1) is 11.3 Å². The van der Waals surface area contributed by atoms with Gasteiger partial charge < -0.3 is 0 Å². The molecular weight excluding hydrogens is 206 g/mol. The minimum atomic E-state index is -0.467. The number of fused-ring (bicyclic) bond motifs is 1. The summed E-state index contributed by atoms with van der Waals surface area (Å²) in [7, 11) is 1.41. The van der Waals surface area contributed by atoms with Gasteiger partial charge in [0, 0.05) is 7.05 Å². The highest BCUT2D eigenvalue weighted by molar-refractivity contribution is 5.77. The number of hydrogen-bond donors (Lipinski definition) is 0. The van der Waals surface area contributed by atoms with Gasteiger partial charge in [0.05, 0.1) is 17.0 Å². The van der Waals surface area contributed by atoms with Gasteiger partial charge in [-0.3, -0.25) is 13.9 Å². The molecule has 0 aliphatic rings. The maximum absolute atomic E-state index is 11.8. The molecule has 0 unspecified atom stereocenters. The van der Waals surface area contributed by atoms with Crippen LogP contribution in [0.4, 0.5) is 0 Å². The van der Waals surface area contributed by atoms with Gasteiger partial charge in [-0.25, -0.2) is 4.79 Å². The van der Waals surface area contributed by atoms with Gasteiger partial charge in [-0.1, -0.05) is 12.1 Å². The first-order valence-corrected chi connectivity index (χ1v) is 4.72. The van der Waals surface area contributed by atoms with Crippen molar-refractivity contribution in [3.63, 3.8) is 0 Å². The molecule has 5 nitrogen and oxygen atoms in total. The van der Waals surface area contributed by atoms with Gasteiger partial charge in [-0.15, -0.1) is 0 Å². The summed E-state index contributed by atoms with van der Waals surface area (Å²) in [5, 5.41) is 9.11. The first kappa shape index (κ1) is 10.2. The van der Waals surface area contributed by atoms with Gasteiger partial charge in [-0.05, 0) is 12.1 Å². The molecule has 0 atom stereocenters. The minimum Gasteiger partial charge on any atom is -0.279 e. The maximum Gasteiger partial charge on any atom is 0.332 e. The summed E-state index contributed by atoms with van der Waals surface area (Å²) in [5.74, 6) is 0. The van der Waals surface area contributed by atoms with Gasteiger partial charge in [0.15, 0.2) is 0 Å². The van der Waals surface area contributed by atoms with Crippen molar-refractivity contribution in [3.05, 3.63) is 45.1 Å². The summed E-state index contributed by atoms with van der Waals surface area (Å²) in [6.07, 6.45) is 0. The van der Waals surface area contributed by atoms with Crippen molar-refractivity contribution < 1.29 is 0 Å². The SMILES string of the molecule is Cn1c(=O)c2ccccc2n(CC#N)c1=O. The van der Waals surface area contributed by atoms with Crippen LogP contribution >= 0.6 is 0 Å². The van der Waals surface area contributed by atoms with E-state index in [1.807, 2.05) is 6.07 Å². The van der Waals surface area contributed by atoms with Crippen LogP contribution in [0.5, 0.6) is 0 Å². The van der Waals surface area contributed by atoms with Crippen molar-refractivity contribution in [3.8, 4) is 6.07 Å². The van der Waals surface area contributed by atoms with Gasteiger partial charge in [0.1, 0.15) is 6.54 Å². The molecule has 0 radical (unpaired) electrons. The summed E-state index contributed by atoms with van der Waals surface area (Å²) in [5.41, 5.74) is -0.308. The third kappa shape index (κ3) is 1.32. The van der Waals surface area contributed by atoms with Crippen LogP contribution in [0.15, 0.2) is 33.9 Å². The fraction of sp³-hybridized carbons (Fsp3) is 0.182. The highest BCUT2D eigenvalue weighted by Crippen LogP contribution is 2.06. The Morgan fingerprint density at radius 2 is 2.00 bits per heavy atom. The standard InChI is InChI=1S/C11H9N3O2/c1-13-10(15)8-4-2-3-5-9(8)14(7-6-12)11(13)16/h2-5H,7H2,1H3. The number of hydrogen-bond acceptors (Lipinski definition) is 3. The number of para-hydroxylation sites is 1. The minimum absolute atomic E-state index is 0.0620. The monoisotopic (exact) mass is 215 g/mol. The lowest BCUT2D eigenvalue weighted by Gasteiger charge is -2.07. The number of rotatable bonds is 1. The van der Waals surface area contributed by atoms with Gasteiger partial charge in [0.25, 0.3) is 5.56 Å². The Labute approximate surface area is 90.8 Å². The van der Waals surface area contributed by atoms with Crippen LogP contribution in [-0.2, 0) is 13.6 Å². The Morgan fingerprint density at radius 1 is 1.31 bits per heavy atom. The molecule has 2 aromatic rings. The third-order valence-electron chi connectivity index (χ3n) is 2.48. The van der Waals surface area contributed by atoms with E-state index >= 15 is 0 Å². The zero-order valence-corrected chi connectivity index (χ0v) is 8.67. The second-order valence-corrected chi connectivity index (χ2v) is 3.41. The first-order chi connectivity index (χ1) is 7.66. The lowest BCUT2D eigenvalue weighted by atomic mass is 10.2. The Morgan fingerprint density at radius 3 is 2.69 bits per heavy atom. The Bertz CT molecular complexity index is 704. The predicted octanol–water partition coefficient (Wildman–Crippen LogP) is 0.224. The van der Waals surface area contributed by atoms with Gasteiger partial charge in [0.2, 0.25) is 0 Å². The molecule has 0 bridgehead atoms. The average Bonchev–Trinajstić information content (AvgIpc) is 2.32. The molecule has 0 aliphatic carbocycles. The van der Waals surface area contributed by atoms with Crippen LogP contribution in [0.1, 0.15) is 0 Å². The van der Waals surface area contributed by atoms with Crippen LogP contribution in [0.25, 0.3) is 10.9 Å². The van der Waals surface area contributed by atoms with E-state index in [9.17, 15) is 9.59 Å². The average molecular weight is 215 g/mol.